The van der Waals surface area contributed by atoms with Gasteiger partial charge in [0.25, 0.3) is 5.91 Å². The highest BCUT2D eigenvalue weighted by atomic mass is 16.5. The maximum atomic E-state index is 11.2. The largest absolute Gasteiger partial charge is 0.490 e. The summed E-state index contributed by atoms with van der Waals surface area (Å²) in [6.45, 7) is 8.99. The molecule has 5 heteroatoms. The van der Waals surface area contributed by atoms with Crippen molar-refractivity contribution in [1.29, 1.82) is 5.26 Å². The number of nitrogens with two attached hydrogens (primary N) is 1. The molecule has 0 bridgehead atoms. The van der Waals surface area contributed by atoms with Crippen LogP contribution in [0.3, 0.4) is 0 Å². The summed E-state index contributed by atoms with van der Waals surface area (Å²) in [5, 5.41) is 8.99. The van der Waals surface area contributed by atoms with Crippen LogP contribution < -0.4 is 15.2 Å². The Labute approximate surface area is 160 Å². The van der Waals surface area contributed by atoms with Crippen LogP contribution in [0.15, 0.2) is 35.9 Å². The molecule has 0 fully saturated rings. The first-order valence-corrected chi connectivity index (χ1v) is 8.73. The molecule has 27 heavy (non-hydrogen) atoms. The highest BCUT2D eigenvalue weighted by Gasteiger charge is 2.11. The first-order chi connectivity index (χ1) is 12.8. The zero-order chi connectivity index (χ0) is 20.0. The van der Waals surface area contributed by atoms with E-state index in [0.29, 0.717) is 30.3 Å². The number of aryl methyl sites for hydroxylation is 3. The van der Waals surface area contributed by atoms with Crippen LogP contribution in [0.4, 0.5) is 0 Å². The molecular formula is C22H24N2O3. The summed E-state index contributed by atoms with van der Waals surface area (Å²) in [4.78, 5) is 11.2. The zero-order valence-corrected chi connectivity index (χ0v) is 16.1. The standard InChI is InChI=1S/C22H24N2O3/c1-5-26-21-11-17(10-18(12-23)22(24)25)6-7-20(21)27-13-19-15(3)8-14(2)9-16(19)4/h6-11H,5,13H2,1-4H3,(H2,24,25)/b18-10+. The average molecular weight is 364 g/mol. The third-order valence-corrected chi connectivity index (χ3v) is 4.18. The zero-order valence-electron chi connectivity index (χ0n) is 16.1. The van der Waals surface area contributed by atoms with Crippen molar-refractivity contribution in [2.45, 2.75) is 34.3 Å². The number of primary amides is 1. The van der Waals surface area contributed by atoms with Crippen molar-refractivity contribution in [3.63, 3.8) is 0 Å². The van der Waals surface area contributed by atoms with Crippen molar-refractivity contribution in [1.82, 2.24) is 0 Å². The summed E-state index contributed by atoms with van der Waals surface area (Å²) < 4.78 is 11.7. The lowest BCUT2D eigenvalue weighted by Gasteiger charge is -2.15. The van der Waals surface area contributed by atoms with Gasteiger partial charge in [-0.1, -0.05) is 23.8 Å². The van der Waals surface area contributed by atoms with Gasteiger partial charge in [-0.15, -0.1) is 0 Å². The molecule has 0 heterocycles. The minimum absolute atomic E-state index is 0.114. The van der Waals surface area contributed by atoms with Gasteiger partial charge >= 0.3 is 0 Å². The molecule has 0 radical (unpaired) electrons. The van der Waals surface area contributed by atoms with Gasteiger partial charge in [-0.2, -0.15) is 5.26 Å². The van der Waals surface area contributed by atoms with Gasteiger partial charge in [0, 0.05) is 0 Å². The molecule has 140 valence electrons. The third kappa shape index (κ3) is 5.11. The third-order valence-electron chi connectivity index (χ3n) is 4.18. The lowest BCUT2D eigenvalue weighted by Crippen LogP contribution is -2.12. The summed E-state index contributed by atoms with van der Waals surface area (Å²) in [6, 6.07) is 11.3. The van der Waals surface area contributed by atoms with Gasteiger partial charge in [-0.3, -0.25) is 4.79 Å². The fourth-order valence-corrected chi connectivity index (χ4v) is 2.91. The van der Waals surface area contributed by atoms with Crippen LogP contribution in [0, 0.1) is 32.1 Å². The van der Waals surface area contributed by atoms with Crippen molar-refractivity contribution < 1.29 is 14.3 Å². The molecule has 0 unspecified atom stereocenters. The lowest BCUT2D eigenvalue weighted by atomic mass is 10.0. The number of carbonyl (C=O) groups is 1. The summed E-state index contributed by atoms with van der Waals surface area (Å²) in [5.41, 5.74) is 10.5. The Bertz CT molecular complexity index is 901. The number of hydrogen-bond acceptors (Lipinski definition) is 4. The molecule has 2 aromatic carbocycles. The highest BCUT2D eigenvalue weighted by molar-refractivity contribution is 6.00. The maximum absolute atomic E-state index is 11.2. The number of nitriles is 1. The predicted molar refractivity (Wildman–Crippen MR) is 105 cm³/mol. The molecule has 0 aliphatic heterocycles. The fourth-order valence-electron chi connectivity index (χ4n) is 2.91. The maximum Gasteiger partial charge on any atom is 0.259 e. The Hall–Kier alpha value is -3.26. The van der Waals surface area contributed by atoms with Crippen LogP contribution in [-0.2, 0) is 11.4 Å². The summed E-state index contributed by atoms with van der Waals surface area (Å²) in [5.74, 6) is 0.391. The molecule has 2 N–H and O–H groups in total. The van der Waals surface area contributed by atoms with Gasteiger partial charge in [0.15, 0.2) is 11.5 Å². The van der Waals surface area contributed by atoms with Gasteiger partial charge in [-0.25, -0.2) is 0 Å². The Morgan fingerprint density at radius 3 is 2.33 bits per heavy atom. The molecule has 1 amide bonds. The smallest absolute Gasteiger partial charge is 0.259 e. The second-order valence-corrected chi connectivity index (χ2v) is 6.34. The highest BCUT2D eigenvalue weighted by Crippen LogP contribution is 2.31. The van der Waals surface area contributed by atoms with Crippen molar-refractivity contribution >= 4 is 12.0 Å². The molecule has 0 aliphatic rings. The molecular weight excluding hydrogens is 340 g/mol. The van der Waals surface area contributed by atoms with Crippen LogP contribution in [0.1, 0.15) is 34.7 Å². The van der Waals surface area contributed by atoms with Crippen LogP contribution in [0.25, 0.3) is 6.08 Å². The topological polar surface area (TPSA) is 85.3 Å². The first kappa shape index (κ1) is 20.1. The van der Waals surface area contributed by atoms with E-state index in [1.807, 2.05) is 6.92 Å². The Morgan fingerprint density at radius 1 is 1.11 bits per heavy atom. The van der Waals surface area contributed by atoms with Crippen molar-refractivity contribution in [2.24, 2.45) is 5.73 Å². The van der Waals surface area contributed by atoms with E-state index in [-0.39, 0.29) is 5.57 Å². The van der Waals surface area contributed by atoms with E-state index in [0.717, 1.165) is 5.56 Å². The van der Waals surface area contributed by atoms with E-state index < -0.39 is 5.91 Å². The van der Waals surface area contributed by atoms with E-state index in [1.165, 1.54) is 22.8 Å². The van der Waals surface area contributed by atoms with Crippen molar-refractivity contribution in [3.05, 3.63) is 63.7 Å². The van der Waals surface area contributed by atoms with E-state index in [9.17, 15) is 4.79 Å². The Balaban J connectivity index is 2.30. The van der Waals surface area contributed by atoms with Crippen molar-refractivity contribution in [3.8, 4) is 17.6 Å². The van der Waals surface area contributed by atoms with Gasteiger partial charge in [0.2, 0.25) is 0 Å². The van der Waals surface area contributed by atoms with Crippen LogP contribution in [0.2, 0.25) is 0 Å². The second-order valence-electron chi connectivity index (χ2n) is 6.34. The number of hydrogen-bond donors (Lipinski definition) is 1. The molecule has 0 atom stereocenters. The molecule has 0 saturated carbocycles. The monoisotopic (exact) mass is 364 g/mol. The average Bonchev–Trinajstić information content (AvgIpc) is 2.60. The van der Waals surface area contributed by atoms with Gasteiger partial charge in [0.05, 0.1) is 6.61 Å². The number of benzene rings is 2. The fraction of sp³-hybridized carbons (Fsp3) is 0.273. The van der Waals surface area contributed by atoms with Crippen LogP contribution >= 0.6 is 0 Å². The van der Waals surface area contributed by atoms with E-state index in [1.54, 1.807) is 24.3 Å². The molecule has 0 spiro atoms. The van der Waals surface area contributed by atoms with E-state index >= 15 is 0 Å². The quantitative estimate of drug-likeness (QED) is 0.595. The molecule has 5 nitrogen and oxygen atoms in total. The van der Waals surface area contributed by atoms with E-state index in [2.05, 4.69) is 32.9 Å². The molecule has 0 saturated heterocycles. The van der Waals surface area contributed by atoms with E-state index in [4.69, 9.17) is 20.5 Å². The SMILES string of the molecule is CCOc1cc(/C=C(\C#N)C(N)=O)ccc1OCc1c(C)cc(C)cc1C. The van der Waals surface area contributed by atoms with Crippen molar-refractivity contribution in [2.75, 3.05) is 6.61 Å². The number of nitrogens with zero attached hydrogens (tertiary/aromatic N) is 1. The first-order valence-electron chi connectivity index (χ1n) is 8.73. The number of rotatable bonds is 7. The number of ether oxygens (including phenoxy) is 2. The number of carbonyl (C=O) groups excluding carboxylic acids is 1. The number of amides is 1. The minimum atomic E-state index is -0.763. The normalized spacial score (nSPS) is 11.0. The Morgan fingerprint density at radius 2 is 1.78 bits per heavy atom. The van der Waals surface area contributed by atoms with Gasteiger partial charge in [0.1, 0.15) is 18.2 Å². The Kier molecular flexibility index (Phi) is 6.62. The summed E-state index contributed by atoms with van der Waals surface area (Å²) in [6.07, 6.45) is 1.43. The predicted octanol–water partition coefficient (Wildman–Crippen LogP) is 3.98. The molecule has 0 aliphatic carbocycles. The van der Waals surface area contributed by atoms with Crippen LogP contribution in [0.5, 0.6) is 11.5 Å². The van der Waals surface area contributed by atoms with Crippen LogP contribution in [-0.4, -0.2) is 12.5 Å². The molecule has 2 aromatic rings. The minimum Gasteiger partial charge on any atom is -0.490 e. The molecule has 2 rings (SSSR count). The summed E-state index contributed by atoms with van der Waals surface area (Å²) in [7, 11) is 0. The summed E-state index contributed by atoms with van der Waals surface area (Å²) >= 11 is 0. The van der Waals surface area contributed by atoms with Gasteiger partial charge in [-0.05, 0) is 68.2 Å². The molecule has 0 aromatic heterocycles. The van der Waals surface area contributed by atoms with Gasteiger partial charge < -0.3 is 15.2 Å². The second kappa shape index (κ2) is 8.91. The lowest BCUT2D eigenvalue weighted by molar-refractivity contribution is -0.114.